The van der Waals surface area contributed by atoms with Crippen molar-refractivity contribution in [1.82, 2.24) is 0 Å². The first-order valence-corrected chi connectivity index (χ1v) is 8.22. The van der Waals surface area contributed by atoms with E-state index in [1.54, 1.807) is 7.11 Å². The number of hydrogen-bond acceptors (Lipinski definition) is 4. The largest absolute Gasteiger partial charge is 0.497 e. The van der Waals surface area contributed by atoms with Crippen molar-refractivity contribution in [1.29, 1.82) is 0 Å². The zero-order chi connectivity index (χ0) is 15.6. The van der Waals surface area contributed by atoms with Gasteiger partial charge in [0.05, 0.1) is 7.11 Å². The van der Waals surface area contributed by atoms with E-state index in [0.717, 1.165) is 43.4 Å². The van der Waals surface area contributed by atoms with Crippen LogP contribution in [0.2, 0.25) is 0 Å². The molecule has 1 heterocycles. The van der Waals surface area contributed by atoms with Gasteiger partial charge in [0.15, 0.2) is 6.10 Å². The zero-order valence-electron chi connectivity index (χ0n) is 13.3. The molecule has 0 aromatic heterocycles. The summed E-state index contributed by atoms with van der Waals surface area (Å²) in [5, 5.41) is 0. The van der Waals surface area contributed by atoms with Crippen molar-refractivity contribution in [2.75, 3.05) is 7.11 Å². The Hall–Kier alpha value is -1.55. The van der Waals surface area contributed by atoms with Crippen LogP contribution in [0, 0.1) is 0 Å². The minimum Gasteiger partial charge on any atom is -0.497 e. The molecular weight excluding hydrogens is 280 g/mol. The summed E-state index contributed by atoms with van der Waals surface area (Å²) in [5.74, 6) is 0.599. The van der Waals surface area contributed by atoms with Crippen LogP contribution >= 0.6 is 0 Å². The van der Waals surface area contributed by atoms with E-state index >= 15 is 0 Å². The highest BCUT2D eigenvalue weighted by Crippen LogP contribution is 2.50. The maximum atomic E-state index is 12.4. The predicted octanol–water partition coefficient (Wildman–Crippen LogP) is 3.58. The monoisotopic (exact) mass is 304 g/mol. The molecule has 1 aliphatic heterocycles. The fraction of sp³-hybridized carbons (Fsp3) is 0.611. The molecule has 0 amide bonds. The summed E-state index contributed by atoms with van der Waals surface area (Å²) in [7, 11) is 1.64. The number of methoxy groups -OCH3 is 1. The first-order valence-electron chi connectivity index (χ1n) is 8.22. The third-order valence-electron chi connectivity index (χ3n) is 4.85. The molecule has 2 fully saturated rings. The van der Waals surface area contributed by atoms with Crippen LogP contribution in [0.25, 0.3) is 0 Å². The average molecular weight is 304 g/mol. The second-order valence-electron chi connectivity index (χ2n) is 6.17. The van der Waals surface area contributed by atoms with Gasteiger partial charge in [-0.2, -0.15) is 0 Å². The van der Waals surface area contributed by atoms with Crippen LogP contribution in [0.4, 0.5) is 0 Å². The van der Waals surface area contributed by atoms with E-state index in [4.69, 9.17) is 14.2 Å². The molecule has 4 heteroatoms. The molecule has 1 aromatic rings. The Kier molecular flexibility index (Phi) is 4.39. The number of hydrogen-bond donors (Lipinski definition) is 0. The summed E-state index contributed by atoms with van der Waals surface area (Å²) < 4.78 is 16.6. The Morgan fingerprint density at radius 2 is 1.91 bits per heavy atom. The highest BCUT2D eigenvalue weighted by Gasteiger charge is 2.61. The number of rotatable bonds is 5. The summed E-state index contributed by atoms with van der Waals surface area (Å²) in [6.07, 6.45) is 5.90. The molecule has 1 saturated carbocycles. The van der Waals surface area contributed by atoms with Crippen LogP contribution in [0.15, 0.2) is 24.3 Å². The van der Waals surface area contributed by atoms with E-state index in [1.807, 2.05) is 31.2 Å². The molecule has 1 aliphatic carbocycles. The molecule has 2 atom stereocenters. The van der Waals surface area contributed by atoms with Gasteiger partial charge in [-0.1, -0.05) is 25.5 Å². The third kappa shape index (κ3) is 2.84. The molecule has 3 rings (SSSR count). The van der Waals surface area contributed by atoms with Crippen LogP contribution in [-0.2, 0) is 19.9 Å². The standard InChI is InChI=1S/C18H24O4/c1-3-18(13-9-11-14(20-2)12-10-13)16(22-18)17(19)21-15-7-5-4-6-8-15/h9-12,15-16H,3-8H2,1-2H3. The van der Waals surface area contributed by atoms with Crippen molar-refractivity contribution < 1.29 is 19.0 Å². The van der Waals surface area contributed by atoms with E-state index in [1.165, 1.54) is 6.42 Å². The van der Waals surface area contributed by atoms with E-state index in [9.17, 15) is 4.79 Å². The summed E-state index contributed by atoms with van der Waals surface area (Å²) in [5.41, 5.74) is 0.499. The molecule has 1 aromatic carbocycles. The van der Waals surface area contributed by atoms with Gasteiger partial charge in [0.25, 0.3) is 0 Å². The Labute approximate surface area is 131 Å². The van der Waals surface area contributed by atoms with Crippen LogP contribution in [0.1, 0.15) is 51.0 Å². The Balaban J connectivity index is 1.66. The Bertz CT molecular complexity index is 518. The Morgan fingerprint density at radius 3 is 2.50 bits per heavy atom. The maximum Gasteiger partial charge on any atom is 0.339 e. The van der Waals surface area contributed by atoms with Crippen LogP contribution in [0.3, 0.4) is 0 Å². The zero-order valence-corrected chi connectivity index (χ0v) is 13.3. The van der Waals surface area contributed by atoms with Gasteiger partial charge in [-0.3, -0.25) is 0 Å². The molecule has 0 radical (unpaired) electrons. The lowest BCUT2D eigenvalue weighted by molar-refractivity contribution is -0.152. The number of benzene rings is 1. The van der Waals surface area contributed by atoms with E-state index in [-0.39, 0.29) is 12.1 Å². The van der Waals surface area contributed by atoms with Crippen LogP contribution in [0.5, 0.6) is 5.75 Å². The first kappa shape index (κ1) is 15.3. The first-order chi connectivity index (χ1) is 10.7. The van der Waals surface area contributed by atoms with Gasteiger partial charge in [0.2, 0.25) is 0 Å². The summed E-state index contributed by atoms with van der Waals surface area (Å²) >= 11 is 0. The fourth-order valence-corrected chi connectivity index (χ4v) is 3.39. The summed E-state index contributed by atoms with van der Waals surface area (Å²) in [6, 6.07) is 7.74. The van der Waals surface area contributed by atoms with Gasteiger partial charge in [-0.05, 0) is 49.8 Å². The molecule has 22 heavy (non-hydrogen) atoms. The normalized spacial score (nSPS) is 28.2. The second kappa shape index (κ2) is 6.29. The topological polar surface area (TPSA) is 48.1 Å². The molecule has 120 valence electrons. The van der Waals surface area contributed by atoms with Crippen molar-refractivity contribution in [3.05, 3.63) is 29.8 Å². The average Bonchev–Trinajstić information content (AvgIpc) is 3.32. The predicted molar refractivity (Wildman–Crippen MR) is 82.8 cm³/mol. The summed E-state index contributed by atoms with van der Waals surface area (Å²) in [6.45, 7) is 2.04. The van der Waals surface area contributed by atoms with Crippen LogP contribution in [-0.4, -0.2) is 25.3 Å². The number of ether oxygens (including phenoxy) is 3. The van der Waals surface area contributed by atoms with Gasteiger partial charge in [0, 0.05) is 0 Å². The number of epoxide rings is 1. The highest BCUT2D eigenvalue weighted by molar-refractivity contribution is 5.80. The minimum atomic E-state index is -0.516. The van der Waals surface area contributed by atoms with Crippen molar-refractivity contribution >= 4 is 5.97 Å². The Morgan fingerprint density at radius 1 is 1.23 bits per heavy atom. The third-order valence-corrected chi connectivity index (χ3v) is 4.85. The molecule has 2 aliphatic rings. The van der Waals surface area contributed by atoms with Crippen molar-refractivity contribution in [3.63, 3.8) is 0 Å². The molecule has 0 spiro atoms. The van der Waals surface area contributed by atoms with Gasteiger partial charge >= 0.3 is 5.97 Å². The minimum absolute atomic E-state index is 0.0795. The number of esters is 1. The molecule has 4 nitrogen and oxygen atoms in total. The van der Waals surface area contributed by atoms with E-state index in [2.05, 4.69) is 0 Å². The molecular formula is C18H24O4. The molecule has 1 saturated heterocycles. The van der Waals surface area contributed by atoms with Gasteiger partial charge in [0.1, 0.15) is 17.5 Å². The number of carbonyl (C=O) groups excluding carboxylic acids is 1. The molecule has 0 bridgehead atoms. The van der Waals surface area contributed by atoms with Crippen LogP contribution < -0.4 is 4.74 Å². The smallest absolute Gasteiger partial charge is 0.339 e. The lowest BCUT2D eigenvalue weighted by Crippen LogP contribution is -2.27. The van der Waals surface area contributed by atoms with Gasteiger partial charge in [-0.15, -0.1) is 0 Å². The lowest BCUT2D eigenvalue weighted by Gasteiger charge is -2.21. The molecule has 2 unspecified atom stereocenters. The summed E-state index contributed by atoms with van der Waals surface area (Å²) in [4.78, 5) is 12.4. The fourth-order valence-electron chi connectivity index (χ4n) is 3.39. The van der Waals surface area contributed by atoms with Gasteiger partial charge < -0.3 is 14.2 Å². The maximum absolute atomic E-state index is 12.4. The van der Waals surface area contributed by atoms with E-state index in [0.29, 0.717) is 0 Å². The highest BCUT2D eigenvalue weighted by atomic mass is 16.7. The van der Waals surface area contributed by atoms with Gasteiger partial charge in [-0.25, -0.2) is 4.79 Å². The van der Waals surface area contributed by atoms with Crippen molar-refractivity contribution in [2.24, 2.45) is 0 Å². The molecule has 0 N–H and O–H groups in total. The lowest BCUT2D eigenvalue weighted by atomic mass is 9.92. The number of carbonyl (C=O) groups is 1. The SMILES string of the molecule is CCC1(c2ccc(OC)cc2)OC1C(=O)OC1CCCCC1. The van der Waals surface area contributed by atoms with Crippen molar-refractivity contribution in [2.45, 2.75) is 63.3 Å². The van der Waals surface area contributed by atoms with Crippen molar-refractivity contribution in [3.8, 4) is 5.75 Å². The van der Waals surface area contributed by atoms with E-state index < -0.39 is 11.7 Å². The quantitative estimate of drug-likeness (QED) is 0.616. The second-order valence-corrected chi connectivity index (χ2v) is 6.17.